The summed E-state index contributed by atoms with van der Waals surface area (Å²) in [5.74, 6) is -0.811. The second kappa shape index (κ2) is 5.48. The second-order valence-corrected chi connectivity index (χ2v) is 5.09. The highest BCUT2D eigenvalue weighted by molar-refractivity contribution is 6.05. The Kier molecular flexibility index (Phi) is 3.52. The molecule has 3 rings (SSSR count). The zero-order chi connectivity index (χ0) is 14.8. The molecule has 0 saturated heterocycles. The Hall–Kier alpha value is -2.49. The fourth-order valence-corrected chi connectivity index (χ4v) is 2.58. The third kappa shape index (κ3) is 2.70. The Balaban J connectivity index is 1.76. The number of carbonyl (C=O) groups excluding carboxylic acids is 2. The number of fused-ring (bicyclic) bond motifs is 1. The predicted octanol–water partition coefficient (Wildman–Crippen LogP) is 2.75. The highest BCUT2D eigenvalue weighted by Gasteiger charge is 2.28. The highest BCUT2D eigenvalue weighted by atomic mass is 19.1. The van der Waals surface area contributed by atoms with Crippen LogP contribution in [0, 0.1) is 5.82 Å². The minimum Gasteiger partial charge on any atom is -0.342 e. The predicted molar refractivity (Wildman–Crippen MR) is 76.7 cm³/mol. The van der Waals surface area contributed by atoms with Crippen molar-refractivity contribution in [2.24, 2.45) is 0 Å². The lowest BCUT2D eigenvalue weighted by atomic mass is 9.87. The molecule has 0 aliphatic heterocycles. The summed E-state index contributed by atoms with van der Waals surface area (Å²) in [6.07, 6.45) is 1.35. The summed E-state index contributed by atoms with van der Waals surface area (Å²) >= 11 is 0. The fourth-order valence-electron chi connectivity index (χ4n) is 2.58. The maximum Gasteiger partial charge on any atom is 0.251 e. The molecule has 1 N–H and O–H groups in total. The van der Waals surface area contributed by atoms with Gasteiger partial charge in [-0.15, -0.1) is 0 Å². The largest absolute Gasteiger partial charge is 0.342 e. The number of aryl methyl sites for hydroxylation is 1. The van der Waals surface area contributed by atoms with Crippen molar-refractivity contribution in [1.82, 2.24) is 5.32 Å². The topological polar surface area (TPSA) is 46.2 Å². The molecule has 4 heteroatoms. The Morgan fingerprint density at radius 1 is 1.10 bits per heavy atom. The van der Waals surface area contributed by atoms with E-state index in [2.05, 4.69) is 5.32 Å². The summed E-state index contributed by atoms with van der Waals surface area (Å²) in [4.78, 5) is 24.5. The average Bonchev–Trinajstić information content (AvgIpc) is 2.51. The summed E-state index contributed by atoms with van der Waals surface area (Å²) < 4.78 is 12.9. The third-order valence-electron chi connectivity index (χ3n) is 3.71. The van der Waals surface area contributed by atoms with Crippen LogP contribution in [0.5, 0.6) is 0 Å². The number of amides is 1. The second-order valence-electron chi connectivity index (χ2n) is 5.09. The molecule has 0 aromatic heterocycles. The smallest absolute Gasteiger partial charge is 0.251 e. The van der Waals surface area contributed by atoms with Gasteiger partial charge in [-0.2, -0.15) is 0 Å². The molecule has 1 atom stereocenters. The summed E-state index contributed by atoms with van der Waals surface area (Å²) in [5.41, 5.74) is 2.05. The summed E-state index contributed by atoms with van der Waals surface area (Å²) in [6, 6.07) is 12.2. The fraction of sp³-hybridized carbons (Fsp3) is 0.176. The van der Waals surface area contributed by atoms with E-state index in [9.17, 15) is 14.0 Å². The van der Waals surface area contributed by atoms with Crippen molar-refractivity contribution < 1.29 is 14.0 Å². The van der Waals surface area contributed by atoms with Crippen LogP contribution >= 0.6 is 0 Å². The minimum atomic E-state index is -0.516. The maximum atomic E-state index is 12.9. The zero-order valence-electron chi connectivity index (χ0n) is 11.3. The van der Waals surface area contributed by atoms with Crippen LogP contribution in [0.1, 0.15) is 32.7 Å². The molecular weight excluding hydrogens is 269 g/mol. The number of Topliss-reactive ketones (excluding diaryl/α,β-unsaturated/α-hetero) is 1. The van der Waals surface area contributed by atoms with Crippen LogP contribution < -0.4 is 5.32 Å². The number of benzene rings is 2. The molecule has 0 heterocycles. The van der Waals surface area contributed by atoms with Crippen molar-refractivity contribution in [3.63, 3.8) is 0 Å². The van der Waals surface area contributed by atoms with Crippen molar-refractivity contribution in [2.75, 3.05) is 0 Å². The van der Waals surface area contributed by atoms with Gasteiger partial charge in [-0.1, -0.05) is 24.3 Å². The Morgan fingerprint density at radius 3 is 2.57 bits per heavy atom. The number of carbonyl (C=O) groups is 2. The van der Waals surface area contributed by atoms with Gasteiger partial charge in [0.2, 0.25) is 0 Å². The molecule has 0 spiro atoms. The van der Waals surface area contributed by atoms with E-state index in [0.717, 1.165) is 12.0 Å². The quantitative estimate of drug-likeness (QED) is 0.921. The molecule has 2 aromatic rings. The van der Waals surface area contributed by atoms with Gasteiger partial charge in [-0.25, -0.2) is 4.39 Å². The van der Waals surface area contributed by atoms with Gasteiger partial charge in [0.1, 0.15) is 5.82 Å². The first-order valence-electron chi connectivity index (χ1n) is 6.84. The van der Waals surface area contributed by atoms with Crippen molar-refractivity contribution in [1.29, 1.82) is 0 Å². The molecule has 106 valence electrons. The van der Waals surface area contributed by atoms with E-state index >= 15 is 0 Å². The molecule has 3 nitrogen and oxygen atoms in total. The van der Waals surface area contributed by atoms with E-state index in [1.54, 1.807) is 6.07 Å². The van der Waals surface area contributed by atoms with Crippen LogP contribution in [-0.4, -0.2) is 17.7 Å². The van der Waals surface area contributed by atoms with Gasteiger partial charge < -0.3 is 5.32 Å². The molecule has 0 unspecified atom stereocenters. The molecule has 1 aliphatic rings. The van der Waals surface area contributed by atoms with Gasteiger partial charge in [0, 0.05) is 11.1 Å². The molecule has 1 amide bonds. The maximum absolute atomic E-state index is 12.9. The van der Waals surface area contributed by atoms with Crippen molar-refractivity contribution >= 4 is 11.7 Å². The first-order valence-corrected chi connectivity index (χ1v) is 6.84. The number of rotatable bonds is 2. The first kappa shape index (κ1) is 13.5. The number of hydrogen-bond acceptors (Lipinski definition) is 2. The first-order chi connectivity index (χ1) is 10.1. The molecule has 21 heavy (non-hydrogen) atoms. The van der Waals surface area contributed by atoms with E-state index in [1.165, 1.54) is 24.3 Å². The van der Waals surface area contributed by atoms with Gasteiger partial charge in [-0.05, 0) is 42.7 Å². The Morgan fingerprint density at radius 2 is 1.81 bits per heavy atom. The van der Waals surface area contributed by atoms with Crippen LogP contribution in [-0.2, 0) is 6.42 Å². The third-order valence-corrected chi connectivity index (χ3v) is 3.71. The molecule has 0 saturated carbocycles. The van der Waals surface area contributed by atoms with Gasteiger partial charge in [0.25, 0.3) is 5.91 Å². The Bertz CT molecular complexity index is 694. The van der Waals surface area contributed by atoms with Gasteiger partial charge in [0.15, 0.2) is 5.78 Å². The van der Waals surface area contributed by atoms with Crippen molar-refractivity contribution in [3.8, 4) is 0 Å². The summed E-state index contributed by atoms with van der Waals surface area (Å²) in [6.45, 7) is 0. The van der Waals surface area contributed by atoms with Crippen LogP contribution in [0.2, 0.25) is 0 Å². The monoisotopic (exact) mass is 283 g/mol. The van der Waals surface area contributed by atoms with E-state index < -0.39 is 11.9 Å². The Labute approximate surface area is 121 Å². The SMILES string of the molecule is O=C(N[C@@H]1CCc2ccccc2C1=O)c1ccc(F)cc1. The minimum absolute atomic E-state index is 0.0627. The normalized spacial score (nSPS) is 17.2. The van der Waals surface area contributed by atoms with Crippen LogP contribution in [0.4, 0.5) is 4.39 Å². The lowest BCUT2D eigenvalue weighted by Crippen LogP contribution is -2.43. The number of halogens is 1. The molecule has 0 bridgehead atoms. The van der Waals surface area contributed by atoms with Crippen LogP contribution in [0.25, 0.3) is 0 Å². The van der Waals surface area contributed by atoms with Crippen LogP contribution in [0.3, 0.4) is 0 Å². The lowest BCUT2D eigenvalue weighted by molar-refractivity contribution is 0.0845. The standard InChI is InChI=1S/C17H14FNO2/c18-13-8-5-12(6-9-13)17(21)19-15-10-7-11-3-1-2-4-14(11)16(15)20/h1-6,8-9,15H,7,10H2,(H,19,21)/t15-/m1/s1. The lowest BCUT2D eigenvalue weighted by Gasteiger charge is -2.24. The van der Waals surface area contributed by atoms with Gasteiger partial charge in [-0.3, -0.25) is 9.59 Å². The van der Waals surface area contributed by atoms with Crippen molar-refractivity contribution in [2.45, 2.75) is 18.9 Å². The average molecular weight is 283 g/mol. The number of hydrogen-bond donors (Lipinski definition) is 1. The van der Waals surface area contributed by atoms with Gasteiger partial charge >= 0.3 is 0 Å². The summed E-state index contributed by atoms with van der Waals surface area (Å²) in [5, 5.41) is 2.73. The number of ketones is 1. The molecule has 1 aliphatic carbocycles. The molecular formula is C17H14FNO2. The van der Waals surface area contributed by atoms with E-state index in [4.69, 9.17) is 0 Å². The van der Waals surface area contributed by atoms with E-state index in [0.29, 0.717) is 17.5 Å². The highest BCUT2D eigenvalue weighted by Crippen LogP contribution is 2.21. The molecule has 0 radical (unpaired) electrons. The molecule has 0 fully saturated rings. The van der Waals surface area contributed by atoms with E-state index in [-0.39, 0.29) is 11.7 Å². The molecule has 2 aromatic carbocycles. The van der Waals surface area contributed by atoms with E-state index in [1.807, 2.05) is 18.2 Å². The number of nitrogens with one attached hydrogen (secondary N) is 1. The van der Waals surface area contributed by atoms with Gasteiger partial charge in [0.05, 0.1) is 6.04 Å². The van der Waals surface area contributed by atoms with Crippen molar-refractivity contribution in [3.05, 3.63) is 71.0 Å². The summed E-state index contributed by atoms with van der Waals surface area (Å²) in [7, 11) is 0. The van der Waals surface area contributed by atoms with Crippen LogP contribution in [0.15, 0.2) is 48.5 Å². The zero-order valence-corrected chi connectivity index (χ0v) is 11.3.